The minimum Gasteiger partial charge on any atom is -0.495 e. The Kier molecular flexibility index (Phi) is 5.84. The van der Waals surface area contributed by atoms with Gasteiger partial charge < -0.3 is 20.3 Å². The Bertz CT molecular complexity index is 566. The third-order valence-electron chi connectivity index (χ3n) is 3.76. The number of methoxy groups -OCH3 is 1. The van der Waals surface area contributed by atoms with Crippen molar-refractivity contribution < 1.29 is 14.3 Å². The lowest BCUT2D eigenvalue weighted by Gasteiger charge is -2.17. The van der Waals surface area contributed by atoms with E-state index in [0.717, 1.165) is 25.9 Å². The van der Waals surface area contributed by atoms with Crippen LogP contribution < -0.4 is 15.4 Å². The van der Waals surface area contributed by atoms with E-state index in [-0.39, 0.29) is 11.9 Å². The number of hydrogen-bond acceptors (Lipinski definition) is 3. The van der Waals surface area contributed by atoms with Crippen molar-refractivity contribution in [3.8, 4) is 5.75 Å². The molecule has 6 heteroatoms. The van der Waals surface area contributed by atoms with Gasteiger partial charge in [0.15, 0.2) is 0 Å². The molecular weight excluding hydrogens is 294 g/mol. The zero-order valence-corrected chi connectivity index (χ0v) is 14.0. The van der Waals surface area contributed by atoms with Crippen LogP contribution in [-0.4, -0.2) is 43.6 Å². The molecule has 0 spiro atoms. The van der Waals surface area contributed by atoms with Gasteiger partial charge in [-0.25, -0.2) is 4.79 Å². The molecule has 0 atom stereocenters. The van der Waals surface area contributed by atoms with Gasteiger partial charge in [-0.1, -0.05) is 13.8 Å². The summed E-state index contributed by atoms with van der Waals surface area (Å²) in [7, 11) is 1.54. The topological polar surface area (TPSA) is 70.7 Å². The SMILES string of the molecule is COc1ccc(C(=O)N2CCCC2)cc1NC(=O)NCC(C)C. The number of nitrogens with one attached hydrogen (secondary N) is 2. The van der Waals surface area contributed by atoms with Gasteiger partial charge in [-0.05, 0) is 37.0 Å². The van der Waals surface area contributed by atoms with Gasteiger partial charge in [0.2, 0.25) is 0 Å². The van der Waals surface area contributed by atoms with Gasteiger partial charge in [0.1, 0.15) is 5.75 Å². The molecule has 0 radical (unpaired) electrons. The molecule has 0 bridgehead atoms. The zero-order valence-electron chi connectivity index (χ0n) is 14.0. The number of amides is 3. The van der Waals surface area contributed by atoms with Crippen molar-refractivity contribution in [2.24, 2.45) is 5.92 Å². The Morgan fingerprint density at radius 2 is 1.96 bits per heavy atom. The summed E-state index contributed by atoms with van der Waals surface area (Å²) < 4.78 is 5.26. The van der Waals surface area contributed by atoms with Crippen molar-refractivity contribution in [1.29, 1.82) is 0 Å². The molecule has 1 aromatic rings. The van der Waals surface area contributed by atoms with Crippen LogP contribution in [0.5, 0.6) is 5.75 Å². The molecule has 1 saturated heterocycles. The summed E-state index contributed by atoms with van der Waals surface area (Å²) in [5, 5.41) is 5.54. The molecule has 1 fully saturated rings. The minimum absolute atomic E-state index is 0.00390. The van der Waals surface area contributed by atoms with Crippen molar-refractivity contribution >= 4 is 17.6 Å². The first-order valence-electron chi connectivity index (χ1n) is 8.03. The van der Waals surface area contributed by atoms with Crippen LogP contribution in [0, 0.1) is 5.92 Å². The summed E-state index contributed by atoms with van der Waals surface area (Å²) >= 11 is 0. The molecule has 126 valence electrons. The maximum absolute atomic E-state index is 12.5. The van der Waals surface area contributed by atoms with Crippen molar-refractivity contribution in [3.63, 3.8) is 0 Å². The normalized spacial score (nSPS) is 14.0. The van der Waals surface area contributed by atoms with Gasteiger partial charge in [-0.15, -0.1) is 0 Å². The monoisotopic (exact) mass is 319 g/mol. The molecule has 0 saturated carbocycles. The van der Waals surface area contributed by atoms with E-state index >= 15 is 0 Å². The predicted octanol–water partition coefficient (Wildman–Crippen LogP) is 2.71. The fourth-order valence-electron chi connectivity index (χ4n) is 2.50. The van der Waals surface area contributed by atoms with Crippen LogP contribution in [0.3, 0.4) is 0 Å². The molecule has 0 unspecified atom stereocenters. The first-order valence-corrected chi connectivity index (χ1v) is 8.03. The van der Waals surface area contributed by atoms with Gasteiger partial charge in [-0.2, -0.15) is 0 Å². The van der Waals surface area contributed by atoms with Gasteiger partial charge >= 0.3 is 6.03 Å². The van der Waals surface area contributed by atoms with Gasteiger partial charge in [-0.3, -0.25) is 4.79 Å². The Morgan fingerprint density at radius 1 is 1.26 bits per heavy atom. The first kappa shape index (κ1) is 17.1. The van der Waals surface area contributed by atoms with E-state index in [2.05, 4.69) is 10.6 Å². The third-order valence-corrected chi connectivity index (χ3v) is 3.76. The Labute approximate surface area is 137 Å². The number of benzene rings is 1. The molecule has 23 heavy (non-hydrogen) atoms. The second kappa shape index (κ2) is 7.85. The lowest BCUT2D eigenvalue weighted by Crippen LogP contribution is -2.32. The Morgan fingerprint density at radius 3 is 2.57 bits per heavy atom. The molecule has 1 heterocycles. The van der Waals surface area contributed by atoms with E-state index in [9.17, 15) is 9.59 Å². The molecular formula is C17H25N3O3. The highest BCUT2D eigenvalue weighted by atomic mass is 16.5. The maximum atomic E-state index is 12.5. The molecule has 6 nitrogen and oxygen atoms in total. The summed E-state index contributed by atoms with van der Waals surface area (Å²) in [5.41, 5.74) is 1.06. The van der Waals surface area contributed by atoms with E-state index in [4.69, 9.17) is 4.74 Å². The fraction of sp³-hybridized carbons (Fsp3) is 0.529. The van der Waals surface area contributed by atoms with Gasteiger partial charge in [0.05, 0.1) is 12.8 Å². The Hall–Kier alpha value is -2.24. The molecule has 1 aliphatic rings. The molecule has 1 aromatic carbocycles. The van der Waals surface area contributed by atoms with E-state index in [0.29, 0.717) is 29.5 Å². The minimum atomic E-state index is -0.303. The lowest BCUT2D eigenvalue weighted by atomic mass is 10.1. The van der Waals surface area contributed by atoms with Crippen molar-refractivity contribution in [1.82, 2.24) is 10.2 Å². The quantitative estimate of drug-likeness (QED) is 0.876. The number of nitrogens with zero attached hydrogens (tertiary/aromatic N) is 1. The number of urea groups is 1. The van der Waals surface area contributed by atoms with Crippen molar-refractivity contribution in [2.45, 2.75) is 26.7 Å². The third kappa shape index (κ3) is 4.61. The maximum Gasteiger partial charge on any atom is 0.319 e. The highest BCUT2D eigenvalue weighted by Gasteiger charge is 2.20. The second-order valence-electron chi connectivity index (χ2n) is 6.14. The second-order valence-corrected chi connectivity index (χ2v) is 6.14. The molecule has 2 rings (SSSR count). The Balaban J connectivity index is 2.11. The van der Waals surface area contributed by atoms with Crippen LogP contribution in [0.4, 0.5) is 10.5 Å². The van der Waals surface area contributed by atoms with Crippen LogP contribution in [-0.2, 0) is 0 Å². The molecule has 3 amide bonds. The van der Waals surface area contributed by atoms with Crippen LogP contribution in [0.1, 0.15) is 37.0 Å². The molecule has 2 N–H and O–H groups in total. The van der Waals surface area contributed by atoms with Crippen LogP contribution >= 0.6 is 0 Å². The summed E-state index contributed by atoms with van der Waals surface area (Å²) in [6.45, 7) is 6.22. The molecule has 0 aliphatic carbocycles. The van der Waals surface area contributed by atoms with Crippen LogP contribution in [0.25, 0.3) is 0 Å². The number of rotatable bonds is 5. The average Bonchev–Trinajstić information content (AvgIpc) is 3.06. The summed E-state index contributed by atoms with van der Waals surface area (Å²) in [5.74, 6) is 0.893. The standard InChI is InChI=1S/C17H25N3O3/c1-12(2)11-18-17(22)19-14-10-13(6-7-15(14)23-3)16(21)20-8-4-5-9-20/h6-7,10,12H,4-5,8-9,11H2,1-3H3,(H2,18,19,22). The summed E-state index contributed by atoms with van der Waals surface area (Å²) in [6.07, 6.45) is 2.09. The number of carbonyl (C=O) groups excluding carboxylic acids is 2. The number of ether oxygens (including phenoxy) is 1. The van der Waals surface area contributed by atoms with Crippen LogP contribution in [0.2, 0.25) is 0 Å². The van der Waals surface area contributed by atoms with E-state index in [1.807, 2.05) is 18.7 Å². The molecule has 0 aromatic heterocycles. The van der Waals surface area contributed by atoms with Crippen molar-refractivity contribution in [3.05, 3.63) is 23.8 Å². The predicted molar refractivity (Wildman–Crippen MR) is 90.0 cm³/mol. The number of likely N-dealkylation sites (tertiary alicyclic amines) is 1. The number of hydrogen-bond donors (Lipinski definition) is 2. The zero-order chi connectivity index (χ0) is 16.8. The van der Waals surface area contributed by atoms with Gasteiger partial charge in [0, 0.05) is 25.2 Å². The van der Waals surface area contributed by atoms with Gasteiger partial charge in [0.25, 0.3) is 5.91 Å². The number of carbonyl (C=O) groups is 2. The highest BCUT2D eigenvalue weighted by molar-refractivity contribution is 5.98. The first-order chi connectivity index (χ1) is 11.0. The smallest absolute Gasteiger partial charge is 0.319 e. The molecule has 1 aliphatic heterocycles. The number of anilines is 1. The van der Waals surface area contributed by atoms with E-state index in [1.165, 1.54) is 7.11 Å². The largest absolute Gasteiger partial charge is 0.495 e. The van der Waals surface area contributed by atoms with Crippen LogP contribution in [0.15, 0.2) is 18.2 Å². The lowest BCUT2D eigenvalue weighted by molar-refractivity contribution is 0.0793. The fourth-order valence-corrected chi connectivity index (χ4v) is 2.50. The van der Waals surface area contributed by atoms with E-state index < -0.39 is 0 Å². The summed E-state index contributed by atoms with van der Waals surface area (Å²) in [4.78, 5) is 26.2. The highest BCUT2D eigenvalue weighted by Crippen LogP contribution is 2.26. The summed E-state index contributed by atoms with van der Waals surface area (Å²) in [6, 6.07) is 4.81. The van der Waals surface area contributed by atoms with Crippen molar-refractivity contribution in [2.75, 3.05) is 32.1 Å². The average molecular weight is 319 g/mol. The van der Waals surface area contributed by atoms with E-state index in [1.54, 1.807) is 18.2 Å².